The minimum absolute atomic E-state index is 0.121. The Morgan fingerprint density at radius 2 is 2.06 bits per heavy atom. The lowest BCUT2D eigenvalue weighted by Gasteiger charge is -2.29. The molecule has 2 nitrogen and oxygen atoms in total. The average molecular weight is 277 g/mol. The van der Waals surface area contributed by atoms with Crippen molar-refractivity contribution in [2.75, 3.05) is 5.75 Å². The van der Waals surface area contributed by atoms with Gasteiger partial charge in [0.15, 0.2) is 0 Å². The minimum atomic E-state index is -4.65. The van der Waals surface area contributed by atoms with Gasteiger partial charge in [-0.25, -0.2) is 0 Å². The Labute approximate surface area is 108 Å². The molecule has 18 heavy (non-hydrogen) atoms. The smallest absolute Gasteiger partial charge is 0.405 e. The van der Waals surface area contributed by atoms with Crippen molar-refractivity contribution in [1.29, 1.82) is 0 Å². The molecule has 1 saturated heterocycles. The molecule has 1 fully saturated rings. The van der Waals surface area contributed by atoms with E-state index in [0.29, 0.717) is 11.6 Å². The van der Waals surface area contributed by atoms with E-state index in [4.69, 9.17) is 0 Å². The second kappa shape index (κ2) is 5.40. The molecule has 1 aliphatic heterocycles. The highest BCUT2D eigenvalue weighted by atomic mass is 32.2. The summed E-state index contributed by atoms with van der Waals surface area (Å²) in [6.45, 7) is 2.03. The first-order valence-corrected chi connectivity index (χ1v) is 6.73. The van der Waals surface area contributed by atoms with Crippen LogP contribution in [0.5, 0.6) is 5.75 Å². The molecule has 0 saturated carbocycles. The summed E-state index contributed by atoms with van der Waals surface area (Å²) in [6, 6.07) is 6.59. The summed E-state index contributed by atoms with van der Waals surface area (Å²) in [5, 5.41) is 3.13. The number of hydrogen-bond acceptors (Lipinski definition) is 3. The molecule has 1 aliphatic rings. The molecule has 0 spiro atoms. The SMILES string of the molecule is CC1CCSC(c2ccccc2OC(F)(F)F)N1. The number of para-hydroxylation sites is 1. The molecule has 2 rings (SSSR count). The Kier molecular flexibility index (Phi) is 4.07. The maximum absolute atomic E-state index is 12.3. The van der Waals surface area contributed by atoms with Crippen LogP contribution in [0.1, 0.15) is 24.3 Å². The summed E-state index contributed by atoms with van der Waals surface area (Å²) in [6.07, 6.45) is -3.63. The first-order valence-electron chi connectivity index (χ1n) is 5.68. The third kappa shape index (κ3) is 3.55. The van der Waals surface area contributed by atoms with Crippen LogP contribution in [0, 0.1) is 0 Å². The van der Waals surface area contributed by atoms with Crippen molar-refractivity contribution in [1.82, 2.24) is 5.32 Å². The van der Waals surface area contributed by atoms with Crippen molar-refractivity contribution in [3.05, 3.63) is 29.8 Å². The van der Waals surface area contributed by atoms with Gasteiger partial charge in [-0.2, -0.15) is 0 Å². The van der Waals surface area contributed by atoms with E-state index < -0.39 is 6.36 Å². The fourth-order valence-corrected chi connectivity index (χ4v) is 3.27. The molecule has 0 aromatic heterocycles. The topological polar surface area (TPSA) is 21.3 Å². The first kappa shape index (κ1) is 13.5. The van der Waals surface area contributed by atoms with Gasteiger partial charge in [0.05, 0.1) is 5.37 Å². The molecule has 0 amide bonds. The van der Waals surface area contributed by atoms with Crippen LogP contribution in [0.15, 0.2) is 24.3 Å². The van der Waals surface area contributed by atoms with Crippen LogP contribution < -0.4 is 10.1 Å². The maximum atomic E-state index is 12.3. The van der Waals surface area contributed by atoms with Gasteiger partial charge < -0.3 is 4.74 Å². The Morgan fingerprint density at radius 1 is 1.33 bits per heavy atom. The van der Waals surface area contributed by atoms with E-state index in [0.717, 1.165) is 12.2 Å². The zero-order chi connectivity index (χ0) is 13.2. The van der Waals surface area contributed by atoms with Crippen LogP contribution in [0.3, 0.4) is 0 Å². The van der Waals surface area contributed by atoms with Gasteiger partial charge in [0.25, 0.3) is 0 Å². The van der Waals surface area contributed by atoms with Crippen molar-refractivity contribution in [3.8, 4) is 5.75 Å². The number of ether oxygens (including phenoxy) is 1. The summed E-state index contributed by atoms with van der Waals surface area (Å²) in [4.78, 5) is 0. The van der Waals surface area contributed by atoms with Crippen molar-refractivity contribution in [2.45, 2.75) is 31.1 Å². The van der Waals surface area contributed by atoms with E-state index >= 15 is 0 Å². The third-order valence-corrected chi connectivity index (χ3v) is 3.89. The first-order chi connectivity index (χ1) is 8.46. The largest absolute Gasteiger partial charge is 0.573 e. The lowest BCUT2D eigenvalue weighted by molar-refractivity contribution is -0.274. The lowest BCUT2D eigenvalue weighted by atomic mass is 10.1. The second-order valence-corrected chi connectivity index (χ2v) is 5.41. The fourth-order valence-electron chi connectivity index (χ4n) is 1.85. The van der Waals surface area contributed by atoms with E-state index in [1.165, 1.54) is 6.07 Å². The zero-order valence-corrected chi connectivity index (χ0v) is 10.6. The molecule has 2 unspecified atom stereocenters. The van der Waals surface area contributed by atoms with Gasteiger partial charge in [-0.1, -0.05) is 18.2 Å². The molecular weight excluding hydrogens is 263 g/mol. The molecular formula is C12H14F3NOS. The minimum Gasteiger partial charge on any atom is -0.405 e. The number of nitrogens with one attached hydrogen (secondary N) is 1. The monoisotopic (exact) mass is 277 g/mol. The highest BCUT2D eigenvalue weighted by molar-refractivity contribution is 7.99. The summed E-state index contributed by atoms with van der Waals surface area (Å²) >= 11 is 1.60. The summed E-state index contributed by atoms with van der Waals surface area (Å²) in [5.74, 6) is 0.809. The van der Waals surface area contributed by atoms with E-state index in [1.807, 2.05) is 6.92 Å². The lowest BCUT2D eigenvalue weighted by Crippen LogP contribution is -2.34. The van der Waals surface area contributed by atoms with Crippen LogP contribution in [-0.4, -0.2) is 18.2 Å². The van der Waals surface area contributed by atoms with Gasteiger partial charge >= 0.3 is 6.36 Å². The molecule has 1 aromatic rings. The molecule has 0 radical (unpaired) electrons. The Hall–Kier alpha value is -0.880. The van der Waals surface area contributed by atoms with Gasteiger partial charge in [0.1, 0.15) is 5.75 Å². The van der Waals surface area contributed by atoms with Crippen molar-refractivity contribution >= 4 is 11.8 Å². The molecule has 6 heteroatoms. The van der Waals surface area contributed by atoms with Crippen molar-refractivity contribution in [3.63, 3.8) is 0 Å². The van der Waals surface area contributed by atoms with E-state index in [9.17, 15) is 13.2 Å². The van der Waals surface area contributed by atoms with Crippen LogP contribution in [0.25, 0.3) is 0 Å². The quantitative estimate of drug-likeness (QED) is 0.890. The molecule has 1 heterocycles. The van der Waals surface area contributed by atoms with Crippen molar-refractivity contribution in [2.24, 2.45) is 0 Å². The second-order valence-electron chi connectivity index (χ2n) is 4.19. The van der Waals surface area contributed by atoms with E-state index in [2.05, 4.69) is 10.1 Å². The van der Waals surface area contributed by atoms with Gasteiger partial charge in [0, 0.05) is 11.6 Å². The standard InChI is InChI=1S/C12H14F3NOS/c1-8-6-7-18-11(16-8)9-4-2-3-5-10(9)17-12(13,14)15/h2-5,8,11,16H,6-7H2,1H3. The molecule has 2 atom stereocenters. The zero-order valence-electron chi connectivity index (χ0n) is 9.83. The molecule has 0 aliphatic carbocycles. The Balaban J connectivity index is 2.21. The summed E-state index contributed by atoms with van der Waals surface area (Å²) < 4.78 is 41.0. The van der Waals surface area contributed by atoms with Gasteiger partial charge in [-0.15, -0.1) is 24.9 Å². The number of hydrogen-bond donors (Lipinski definition) is 1. The van der Waals surface area contributed by atoms with E-state index in [1.54, 1.807) is 30.0 Å². The summed E-state index contributed by atoms with van der Waals surface area (Å²) in [5.41, 5.74) is 0.548. The Bertz CT molecular complexity index is 411. The number of benzene rings is 1. The predicted molar refractivity (Wildman–Crippen MR) is 65.5 cm³/mol. The highest BCUT2D eigenvalue weighted by Crippen LogP contribution is 2.38. The average Bonchev–Trinajstić information content (AvgIpc) is 2.27. The van der Waals surface area contributed by atoms with E-state index in [-0.39, 0.29) is 11.1 Å². The molecule has 1 N–H and O–H groups in total. The van der Waals surface area contributed by atoms with Crippen LogP contribution in [0.2, 0.25) is 0 Å². The van der Waals surface area contributed by atoms with Crippen LogP contribution >= 0.6 is 11.8 Å². The summed E-state index contributed by atoms with van der Waals surface area (Å²) in [7, 11) is 0. The molecule has 100 valence electrons. The maximum Gasteiger partial charge on any atom is 0.573 e. The number of halogens is 3. The third-order valence-electron chi connectivity index (χ3n) is 2.70. The normalized spacial score (nSPS) is 24.9. The number of alkyl halides is 3. The van der Waals surface area contributed by atoms with Crippen molar-refractivity contribution < 1.29 is 17.9 Å². The predicted octanol–water partition coefficient (Wildman–Crippen LogP) is 3.70. The van der Waals surface area contributed by atoms with Gasteiger partial charge in [0.2, 0.25) is 0 Å². The van der Waals surface area contributed by atoms with Crippen LogP contribution in [-0.2, 0) is 0 Å². The molecule has 1 aromatic carbocycles. The molecule has 0 bridgehead atoms. The Morgan fingerprint density at radius 3 is 2.72 bits per heavy atom. The van der Waals surface area contributed by atoms with Gasteiger partial charge in [-0.05, 0) is 25.2 Å². The number of rotatable bonds is 2. The highest BCUT2D eigenvalue weighted by Gasteiger charge is 2.33. The van der Waals surface area contributed by atoms with Gasteiger partial charge in [-0.3, -0.25) is 5.32 Å². The fraction of sp³-hybridized carbons (Fsp3) is 0.500. The van der Waals surface area contributed by atoms with Crippen LogP contribution in [0.4, 0.5) is 13.2 Å². The number of thioether (sulfide) groups is 1.